The fourth-order valence-corrected chi connectivity index (χ4v) is 2.08. The Morgan fingerprint density at radius 1 is 1.35 bits per heavy atom. The van der Waals surface area contributed by atoms with Gasteiger partial charge in [0, 0.05) is 6.21 Å². The summed E-state index contributed by atoms with van der Waals surface area (Å²) in [6.07, 6.45) is 1.66. The van der Waals surface area contributed by atoms with Gasteiger partial charge in [-0.15, -0.1) is 0 Å². The summed E-state index contributed by atoms with van der Waals surface area (Å²) in [6.45, 7) is 5.72. The molecule has 0 radical (unpaired) electrons. The largest absolute Gasteiger partial charge is 0.464 e. The number of carbonyl (C=O) groups is 2. The Bertz CT molecular complexity index is 303. The molecule has 0 saturated heterocycles. The Morgan fingerprint density at radius 2 is 1.88 bits per heavy atom. The van der Waals surface area contributed by atoms with Crippen molar-refractivity contribution in [1.29, 1.82) is 0 Å². The monoisotopic (exact) mass is 260 g/mol. The first-order chi connectivity index (χ1) is 8.10. The number of hydrazone groups is 1. The second kappa shape index (κ2) is 6.48. The molecular weight excluding hydrogens is 244 g/mol. The molecule has 96 valence electrons. The van der Waals surface area contributed by atoms with E-state index in [0.717, 1.165) is 0 Å². The molecule has 1 rings (SSSR count). The van der Waals surface area contributed by atoms with Crippen LogP contribution in [0.15, 0.2) is 5.10 Å². The fraction of sp³-hybridized carbons (Fsp3) is 0.700. The van der Waals surface area contributed by atoms with Crippen molar-refractivity contribution in [2.24, 2.45) is 5.10 Å². The topological polar surface area (TPSA) is 68.2 Å². The van der Waals surface area contributed by atoms with Gasteiger partial charge < -0.3 is 9.47 Å². The summed E-state index contributed by atoms with van der Waals surface area (Å²) in [5, 5.41) is 4.12. The normalized spacial score (nSPS) is 18.6. The SMILES string of the molecule is CCOC(=O)C(C(=O)OCC)N1N=CC(C)S1. The molecule has 0 aliphatic carbocycles. The highest BCUT2D eigenvalue weighted by atomic mass is 32.2. The molecule has 0 fully saturated rings. The molecule has 0 spiro atoms. The van der Waals surface area contributed by atoms with E-state index in [9.17, 15) is 9.59 Å². The maximum atomic E-state index is 11.7. The van der Waals surface area contributed by atoms with Crippen molar-refractivity contribution in [3.8, 4) is 0 Å². The van der Waals surface area contributed by atoms with Crippen LogP contribution < -0.4 is 0 Å². The van der Waals surface area contributed by atoms with E-state index in [4.69, 9.17) is 9.47 Å². The van der Waals surface area contributed by atoms with Crippen molar-refractivity contribution in [2.45, 2.75) is 32.1 Å². The van der Waals surface area contributed by atoms with E-state index >= 15 is 0 Å². The minimum atomic E-state index is -1.12. The summed E-state index contributed by atoms with van der Waals surface area (Å²) in [7, 11) is 0. The zero-order valence-corrected chi connectivity index (χ0v) is 10.9. The Morgan fingerprint density at radius 3 is 2.24 bits per heavy atom. The van der Waals surface area contributed by atoms with E-state index in [0.29, 0.717) is 0 Å². The van der Waals surface area contributed by atoms with Crippen LogP contribution in [0.5, 0.6) is 0 Å². The van der Waals surface area contributed by atoms with Crippen molar-refractivity contribution >= 4 is 30.1 Å². The number of hydrogen-bond acceptors (Lipinski definition) is 7. The first-order valence-electron chi connectivity index (χ1n) is 5.43. The molecule has 17 heavy (non-hydrogen) atoms. The number of hydrogen-bond donors (Lipinski definition) is 0. The van der Waals surface area contributed by atoms with Crippen LogP contribution in [0.4, 0.5) is 0 Å². The molecule has 1 aliphatic heterocycles. The van der Waals surface area contributed by atoms with Gasteiger partial charge in [-0.3, -0.25) is 0 Å². The van der Waals surface area contributed by atoms with Crippen molar-refractivity contribution in [3.05, 3.63) is 0 Å². The molecule has 7 heteroatoms. The molecular formula is C10H16N2O4S. The molecule has 6 nitrogen and oxygen atoms in total. The van der Waals surface area contributed by atoms with E-state index in [1.54, 1.807) is 20.1 Å². The molecule has 0 N–H and O–H groups in total. The molecule has 0 aromatic carbocycles. The predicted octanol–water partition coefficient (Wildman–Crippen LogP) is 0.819. The van der Waals surface area contributed by atoms with E-state index in [-0.39, 0.29) is 18.5 Å². The highest BCUT2D eigenvalue weighted by Gasteiger charge is 2.38. The minimum Gasteiger partial charge on any atom is -0.464 e. The maximum absolute atomic E-state index is 11.7. The van der Waals surface area contributed by atoms with Crippen molar-refractivity contribution in [2.75, 3.05) is 13.2 Å². The lowest BCUT2D eigenvalue weighted by atomic mass is 10.3. The van der Waals surface area contributed by atoms with E-state index in [2.05, 4.69) is 5.10 Å². The Balaban J connectivity index is 2.75. The van der Waals surface area contributed by atoms with Crippen LogP contribution in [0.25, 0.3) is 0 Å². The summed E-state index contributed by atoms with van der Waals surface area (Å²) in [4.78, 5) is 23.4. The van der Waals surface area contributed by atoms with Gasteiger partial charge in [0.25, 0.3) is 6.04 Å². The molecule has 0 bridgehead atoms. The van der Waals surface area contributed by atoms with Gasteiger partial charge in [-0.1, -0.05) is 0 Å². The number of esters is 2. The molecule has 1 heterocycles. The highest BCUT2D eigenvalue weighted by molar-refractivity contribution is 7.98. The summed E-state index contributed by atoms with van der Waals surface area (Å²) in [6, 6.07) is -1.12. The van der Waals surface area contributed by atoms with Crippen LogP contribution in [-0.2, 0) is 19.1 Å². The maximum Gasteiger partial charge on any atom is 0.343 e. The first kappa shape index (κ1) is 13.8. The predicted molar refractivity (Wildman–Crippen MR) is 64.4 cm³/mol. The fourth-order valence-electron chi connectivity index (χ4n) is 1.23. The van der Waals surface area contributed by atoms with Gasteiger partial charge in [0.05, 0.1) is 18.5 Å². The van der Waals surface area contributed by atoms with Crippen LogP contribution in [0.1, 0.15) is 20.8 Å². The highest BCUT2D eigenvalue weighted by Crippen LogP contribution is 2.26. The molecule has 0 saturated carbocycles. The third kappa shape index (κ3) is 3.62. The number of rotatable bonds is 5. The van der Waals surface area contributed by atoms with Crippen molar-refractivity contribution < 1.29 is 19.1 Å². The quantitative estimate of drug-likeness (QED) is 0.414. The standard InChI is InChI=1S/C10H16N2O4S/c1-4-15-9(13)8(10(14)16-5-2)12-11-6-7(3)17-12/h6-8H,4-5H2,1-3H3. The van der Waals surface area contributed by atoms with Gasteiger partial charge in [0.1, 0.15) is 0 Å². The second-order valence-corrected chi connectivity index (χ2v) is 4.61. The third-order valence-corrected chi connectivity index (χ3v) is 2.88. The van der Waals surface area contributed by atoms with Crippen LogP contribution >= 0.6 is 11.9 Å². The Hall–Kier alpha value is -1.24. The van der Waals surface area contributed by atoms with Crippen LogP contribution in [0.2, 0.25) is 0 Å². The van der Waals surface area contributed by atoms with Crippen LogP contribution in [0, 0.1) is 0 Å². The first-order valence-corrected chi connectivity index (χ1v) is 6.27. The van der Waals surface area contributed by atoms with E-state index in [1.807, 2.05) is 6.92 Å². The smallest absolute Gasteiger partial charge is 0.343 e. The lowest BCUT2D eigenvalue weighted by Gasteiger charge is -2.21. The summed E-state index contributed by atoms with van der Waals surface area (Å²) < 4.78 is 11.0. The zero-order chi connectivity index (χ0) is 12.8. The average Bonchev–Trinajstić information content (AvgIpc) is 2.66. The van der Waals surface area contributed by atoms with Gasteiger partial charge in [-0.2, -0.15) is 5.10 Å². The van der Waals surface area contributed by atoms with Crippen molar-refractivity contribution in [1.82, 2.24) is 4.41 Å². The van der Waals surface area contributed by atoms with Gasteiger partial charge in [-0.05, 0) is 32.7 Å². The van der Waals surface area contributed by atoms with Gasteiger partial charge in [0.2, 0.25) is 0 Å². The number of ether oxygens (including phenoxy) is 2. The van der Waals surface area contributed by atoms with Gasteiger partial charge in [-0.25, -0.2) is 14.0 Å². The molecule has 0 amide bonds. The Kier molecular flexibility index (Phi) is 5.27. The molecule has 1 atom stereocenters. The third-order valence-electron chi connectivity index (χ3n) is 1.91. The number of nitrogens with zero attached hydrogens (tertiary/aromatic N) is 2. The summed E-state index contributed by atoms with van der Waals surface area (Å²) in [5.74, 6) is -1.27. The lowest BCUT2D eigenvalue weighted by molar-refractivity contribution is -0.160. The van der Waals surface area contributed by atoms with Crippen molar-refractivity contribution in [3.63, 3.8) is 0 Å². The molecule has 1 unspecified atom stereocenters. The molecule has 1 aliphatic rings. The summed E-state index contributed by atoms with van der Waals surface area (Å²) in [5.41, 5.74) is 0. The average molecular weight is 260 g/mol. The van der Waals surface area contributed by atoms with Gasteiger partial charge >= 0.3 is 11.9 Å². The Labute approximate surface area is 104 Å². The van der Waals surface area contributed by atoms with Crippen LogP contribution in [-0.4, -0.2) is 47.1 Å². The molecule has 0 aromatic rings. The van der Waals surface area contributed by atoms with Gasteiger partial charge in [0.15, 0.2) is 0 Å². The van der Waals surface area contributed by atoms with E-state index < -0.39 is 18.0 Å². The molecule has 0 aromatic heterocycles. The van der Waals surface area contributed by atoms with Crippen LogP contribution in [0.3, 0.4) is 0 Å². The van der Waals surface area contributed by atoms with E-state index in [1.165, 1.54) is 16.4 Å². The minimum absolute atomic E-state index is 0.126. The zero-order valence-electron chi connectivity index (χ0n) is 10.1. The second-order valence-electron chi connectivity index (χ2n) is 3.28. The lowest BCUT2D eigenvalue weighted by Crippen LogP contribution is -2.42. The summed E-state index contributed by atoms with van der Waals surface area (Å²) >= 11 is 1.29. The number of carbonyl (C=O) groups excluding carboxylic acids is 2.